The Morgan fingerprint density at radius 1 is 1.50 bits per heavy atom. The van der Waals surface area contributed by atoms with Crippen LogP contribution in [0, 0.1) is 17.5 Å². The lowest BCUT2D eigenvalue weighted by Crippen LogP contribution is -1.99. The fraction of sp³-hybridized carbons (Fsp3) is 0.273. The highest BCUT2D eigenvalue weighted by Gasteiger charge is 2.11. The van der Waals surface area contributed by atoms with Crippen LogP contribution in [0.4, 0.5) is 4.39 Å². The summed E-state index contributed by atoms with van der Waals surface area (Å²) in [4.78, 5) is 0. The number of nitrogens with one attached hydrogen (secondary N) is 1. The molecule has 0 saturated carbocycles. The van der Waals surface area contributed by atoms with Crippen LogP contribution in [0.1, 0.15) is 12.5 Å². The third kappa shape index (κ3) is 1.78. The second-order valence-electron chi connectivity index (χ2n) is 3.58. The second kappa shape index (κ2) is 4.17. The van der Waals surface area contributed by atoms with Gasteiger partial charge in [0.2, 0.25) is 0 Å². The highest BCUT2D eigenvalue weighted by Crippen LogP contribution is 2.21. The SMILES string of the molecule is CCn1c(-c2ccc(C)cc2F)n[nH]c1=S. The zero-order chi connectivity index (χ0) is 11.7. The summed E-state index contributed by atoms with van der Waals surface area (Å²) in [5, 5.41) is 6.73. The van der Waals surface area contributed by atoms with Gasteiger partial charge in [0.15, 0.2) is 10.6 Å². The summed E-state index contributed by atoms with van der Waals surface area (Å²) in [5.41, 5.74) is 1.36. The largest absolute Gasteiger partial charge is 0.300 e. The monoisotopic (exact) mass is 237 g/mol. The topological polar surface area (TPSA) is 33.6 Å². The maximum Gasteiger partial charge on any atom is 0.195 e. The molecule has 1 aromatic heterocycles. The van der Waals surface area contributed by atoms with E-state index in [1.54, 1.807) is 10.6 Å². The molecule has 1 N–H and O–H groups in total. The molecule has 84 valence electrons. The third-order valence-corrected chi connectivity index (χ3v) is 2.75. The fourth-order valence-corrected chi connectivity index (χ4v) is 1.88. The highest BCUT2D eigenvalue weighted by atomic mass is 32.1. The van der Waals surface area contributed by atoms with E-state index in [1.807, 2.05) is 19.9 Å². The molecule has 0 aliphatic carbocycles. The Hall–Kier alpha value is -1.49. The number of aromatic nitrogens is 3. The average molecular weight is 237 g/mol. The van der Waals surface area contributed by atoms with Crippen molar-refractivity contribution in [1.82, 2.24) is 14.8 Å². The van der Waals surface area contributed by atoms with Crippen LogP contribution in [0.5, 0.6) is 0 Å². The van der Waals surface area contributed by atoms with Gasteiger partial charge in [-0.25, -0.2) is 4.39 Å². The number of aromatic amines is 1. The van der Waals surface area contributed by atoms with Crippen molar-refractivity contribution >= 4 is 12.2 Å². The Kier molecular flexibility index (Phi) is 2.87. The smallest absolute Gasteiger partial charge is 0.195 e. The number of nitrogens with zero attached hydrogens (tertiary/aromatic N) is 2. The normalized spacial score (nSPS) is 10.7. The van der Waals surface area contributed by atoms with Crippen molar-refractivity contribution in [3.05, 3.63) is 34.4 Å². The van der Waals surface area contributed by atoms with Crippen molar-refractivity contribution < 1.29 is 4.39 Å². The molecule has 0 fully saturated rings. The summed E-state index contributed by atoms with van der Waals surface area (Å²) in [5.74, 6) is 0.272. The number of H-pyrrole nitrogens is 1. The first-order valence-electron chi connectivity index (χ1n) is 5.05. The summed E-state index contributed by atoms with van der Waals surface area (Å²) >= 11 is 5.06. The Bertz CT molecular complexity index is 571. The number of halogens is 1. The quantitative estimate of drug-likeness (QED) is 0.814. The van der Waals surface area contributed by atoms with Crippen LogP contribution in [0.3, 0.4) is 0 Å². The van der Waals surface area contributed by atoms with E-state index in [4.69, 9.17) is 12.2 Å². The second-order valence-corrected chi connectivity index (χ2v) is 3.97. The average Bonchev–Trinajstić information content (AvgIpc) is 2.59. The molecular formula is C11H12FN3S. The molecule has 0 spiro atoms. The molecule has 0 unspecified atom stereocenters. The van der Waals surface area contributed by atoms with E-state index in [0.29, 0.717) is 22.7 Å². The predicted molar refractivity (Wildman–Crippen MR) is 63.2 cm³/mol. The van der Waals surface area contributed by atoms with E-state index in [9.17, 15) is 4.39 Å². The van der Waals surface area contributed by atoms with Gasteiger partial charge in [-0.05, 0) is 43.8 Å². The Balaban J connectivity index is 2.63. The number of aryl methyl sites for hydroxylation is 1. The van der Waals surface area contributed by atoms with Crippen LogP contribution in [0.15, 0.2) is 18.2 Å². The summed E-state index contributed by atoms with van der Waals surface area (Å²) in [6, 6.07) is 5.07. The first kappa shape index (κ1) is 11.0. The number of benzene rings is 1. The maximum absolute atomic E-state index is 13.8. The van der Waals surface area contributed by atoms with Crippen LogP contribution in [-0.2, 0) is 6.54 Å². The minimum absolute atomic E-state index is 0.274. The van der Waals surface area contributed by atoms with Gasteiger partial charge >= 0.3 is 0 Å². The first-order chi connectivity index (χ1) is 7.63. The summed E-state index contributed by atoms with van der Waals surface area (Å²) < 4.78 is 16.0. The van der Waals surface area contributed by atoms with Gasteiger partial charge in [-0.2, -0.15) is 5.10 Å². The molecular weight excluding hydrogens is 225 g/mol. The molecule has 3 nitrogen and oxygen atoms in total. The van der Waals surface area contributed by atoms with Gasteiger partial charge in [-0.1, -0.05) is 6.07 Å². The van der Waals surface area contributed by atoms with E-state index < -0.39 is 0 Å². The van der Waals surface area contributed by atoms with Crippen molar-refractivity contribution in [2.75, 3.05) is 0 Å². The van der Waals surface area contributed by atoms with Crippen LogP contribution >= 0.6 is 12.2 Å². The van der Waals surface area contributed by atoms with Crippen molar-refractivity contribution in [1.29, 1.82) is 0 Å². The fourth-order valence-electron chi connectivity index (χ4n) is 1.62. The van der Waals surface area contributed by atoms with Crippen molar-refractivity contribution in [3.63, 3.8) is 0 Å². The van der Waals surface area contributed by atoms with Crippen LogP contribution < -0.4 is 0 Å². The van der Waals surface area contributed by atoms with Gasteiger partial charge in [-0.3, -0.25) is 5.10 Å². The maximum atomic E-state index is 13.8. The molecule has 0 amide bonds. The lowest BCUT2D eigenvalue weighted by atomic mass is 10.1. The molecule has 5 heteroatoms. The number of hydrogen-bond donors (Lipinski definition) is 1. The van der Waals surface area contributed by atoms with Gasteiger partial charge in [0.25, 0.3) is 0 Å². The van der Waals surface area contributed by atoms with Gasteiger partial charge in [0.05, 0.1) is 5.56 Å². The Morgan fingerprint density at radius 3 is 2.88 bits per heavy atom. The van der Waals surface area contributed by atoms with E-state index in [1.165, 1.54) is 6.07 Å². The highest BCUT2D eigenvalue weighted by molar-refractivity contribution is 7.71. The van der Waals surface area contributed by atoms with Gasteiger partial charge in [0, 0.05) is 6.54 Å². The summed E-state index contributed by atoms with van der Waals surface area (Å²) in [6.07, 6.45) is 0. The number of hydrogen-bond acceptors (Lipinski definition) is 2. The molecule has 0 radical (unpaired) electrons. The van der Waals surface area contributed by atoms with Crippen LogP contribution in [0.2, 0.25) is 0 Å². The molecule has 2 rings (SSSR count). The van der Waals surface area contributed by atoms with Crippen LogP contribution in [0.25, 0.3) is 11.4 Å². The van der Waals surface area contributed by atoms with E-state index >= 15 is 0 Å². The van der Waals surface area contributed by atoms with Gasteiger partial charge < -0.3 is 4.57 Å². The molecule has 0 bridgehead atoms. The van der Waals surface area contributed by atoms with Crippen molar-refractivity contribution in [2.24, 2.45) is 0 Å². The molecule has 0 aliphatic heterocycles. The third-order valence-electron chi connectivity index (χ3n) is 2.44. The lowest BCUT2D eigenvalue weighted by molar-refractivity contribution is 0.626. The predicted octanol–water partition coefficient (Wildman–Crippen LogP) is 3.08. The Morgan fingerprint density at radius 2 is 2.25 bits per heavy atom. The van der Waals surface area contributed by atoms with E-state index in [-0.39, 0.29) is 5.82 Å². The summed E-state index contributed by atoms with van der Waals surface area (Å²) in [7, 11) is 0. The molecule has 2 aromatic rings. The first-order valence-corrected chi connectivity index (χ1v) is 5.46. The van der Waals surface area contributed by atoms with E-state index in [0.717, 1.165) is 5.56 Å². The molecule has 1 heterocycles. The number of rotatable bonds is 2. The van der Waals surface area contributed by atoms with Crippen LogP contribution in [-0.4, -0.2) is 14.8 Å². The lowest BCUT2D eigenvalue weighted by Gasteiger charge is -2.05. The summed E-state index contributed by atoms with van der Waals surface area (Å²) in [6.45, 7) is 4.46. The van der Waals surface area contributed by atoms with Crippen molar-refractivity contribution in [3.8, 4) is 11.4 Å². The van der Waals surface area contributed by atoms with Gasteiger partial charge in [-0.15, -0.1) is 0 Å². The molecule has 16 heavy (non-hydrogen) atoms. The Labute approximate surface area is 97.9 Å². The molecule has 0 aliphatic rings. The van der Waals surface area contributed by atoms with Crippen molar-refractivity contribution in [2.45, 2.75) is 20.4 Å². The zero-order valence-electron chi connectivity index (χ0n) is 9.12. The minimum Gasteiger partial charge on any atom is -0.300 e. The zero-order valence-corrected chi connectivity index (χ0v) is 9.94. The molecule has 0 saturated heterocycles. The molecule has 1 aromatic carbocycles. The molecule has 0 atom stereocenters. The standard InChI is InChI=1S/C11H12FN3S/c1-3-15-10(13-14-11(15)16)8-5-4-7(2)6-9(8)12/h4-6H,3H2,1-2H3,(H,14,16). The van der Waals surface area contributed by atoms with Gasteiger partial charge in [0.1, 0.15) is 5.82 Å². The minimum atomic E-state index is -0.274. The van der Waals surface area contributed by atoms with E-state index in [2.05, 4.69) is 10.2 Å².